The van der Waals surface area contributed by atoms with Gasteiger partial charge in [-0.25, -0.2) is 0 Å². The number of carbonyl (C=O) groups excluding carboxylic acids is 3. The summed E-state index contributed by atoms with van der Waals surface area (Å²) in [5, 5.41) is 7.85. The van der Waals surface area contributed by atoms with E-state index >= 15 is 0 Å². The van der Waals surface area contributed by atoms with Crippen LogP contribution in [0.4, 0.5) is 5.69 Å². The topological polar surface area (TPSA) is 99.8 Å². The fraction of sp³-hybridized carbons (Fsp3) is 0.471. The Bertz CT molecular complexity index is 647. The number of hydrogen-bond acceptors (Lipinski definition) is 5. The summed E-state index contributed by atoms with van der Waals surface area (Å²) >= 11 is 0. The molecule has 0 aliphatic carbocycles. The lowest BCUT2D eigenvalue weighted by molar-refractivity contribution is -0.128. The van der Waals surface area contributed by atoms with E-state index in [4.69, 9.17) is 4.74 Å². The second-order valence-corrected chi connectivity index (χ2v) is 6.07. The first-order valence-electron chi connectivity index (χ1n) is 8.19. The van der Waals surface area contributed by atoms with Crippen LogP contribution < -0.4 is 25.6 Å². The molecule has 0 fully saturated rings. The van der Waals surface area contributed by atoms with Crippen LogP contribution >= 0.6 is 0 Å². The molecule has 1 aromatic carbocycles. The quantitative estimate of drug-likeness (QED) is 0.652. The monoisotopic (exact) mass is 348 g/mol. The molecule has 0 unspecified atom stereocenters. The summed E-state index contributed by atoms with van der Waals surface area (Å²) in [6.45, 7) is 3.90. The van der Waals surface area contributed by atoms with Gasteiger partial charge in [0.15, 0.2) is 6.10 Å². The summed E-state index contributed by atoms with van der Waals surface area (Å²) in [5.74, 6) is -0.246. The maximum absolute atomic E-state index is 12.2. The number of hydrogen-bond donors (Lipinski definition) is 3. The van der Waals surface area contributed by atoms with E-state index in [1.165, 1.54) is 7.05 Å². The standard InChI is InChI=1S/C17H24N4O4/c1-11(2)20-15(22)8-19-16(23)10-21-9-14(17(24)18-3)25-13-7-5-4-6-12(13)21/h4-7,11,14H,8-10H2,1-3H3,(H,18,24)(H,19,23)(H,20,22)/t14-/m1/s1. The minimum Gasteiger partial charge on any atom is -0.477 e. The molecule has 1 aliphatic heterocycles. The first-order chi connectivity index (χ1) is 11.9. The molecule has 0 spiro atoms. The summed E-state index contributed by atoms with van der Waals surface area (Å²) in [4.78, 5) is 37.5. The highest BCUT2D eigenvalue weighted by molar-refractivity contribution is 5.88. The molecule has 3 amide bonds. The van der Waals surface area contributed by atoms with E-state index in [1.54, 1.807) is 17.0 Å². The summed E-state index contributed by atoms with van der Waals surface area (Å²) < 4.78 is 5.69. The number of amides is 3. The van der Waals surface area contributed by atoms with Crippen molar-refractivity contribution in [2.45, 2.75) is 26.0 Å². The number of anilines is 1. The number of benzene rings is 1. The lowest BCUT2D eigenvalue weighted by atomic mass is 10.1. The van der Waals surface area contributed by atoms with Gasteiger partial charge in [0.1, 0.15) is 5.75 Å². The molecule has 0 aromatic heterocycles. The van der Waals surface area contributed by atoms with Crippen LogP contribution in [-0.4, -0.2) is 56.5 Å². The lowest BCUT2D eigenvalue weighted by Gasteiger charge is -2.34. The largest absolute Gasteiger partial charge is 0.477 e. The minimum absolute atomic E-state index is 0.0174. The Kier molecular flexibility index (Phi) is 6.21. The maximum Gasteiger partial charge on any atom is 0.262 e. The van der Waals surface area contributed by atoms with Crippen molar-refractivity contribution in [2.75, 3.05) is 31.6 Å². The average molecular weight is 348 g/mol. The van der Waals surface area contributed by atoms with Crippen molar-refractivity contribution in [1.82, 2.24) is 16.0 Å². The van der Waals surface area contributed by atoms with E-state index in [2.05, 4.69) is 16.0 Å². The molecule has 25 heavy (non-hydrogen) atoms. The van der Waals surface area contributed by atoms with E-state index in [0.29, 0.717) is 5.75 Å². The highest BCUT2D eigenvalue weighted by Gasteiger charge is 2.30. The molecule has 8 heteroatoms. The second-order valence-electron chi connectivity index (χ2n) is 6.07. The molecule has 1 aliphatic rings. The molecule has 3 N–H and O–H groups in total. The Morgan fingerprint density at radius 3 is 2.64 bits per heavy atom. The summed E-state index contributed by atoms with van der Waals surface area (Å²) in [6, 6.07) is 7.24. The molecule has 0 radical (unpaired) electrons. The van der Waals surface area contributed by atoms with E-state index in [-0.39, 0.29) is 43.4 Å². The third-order valence-electron chi connectivity index (χ3n) is 3.63. The molecular formula is C17H24N4O4. The number of rotatable bonds is 6. The van der Waals surface area contributed by atoms with Gasteiger partial charge in [-0.15, -0.1) is 0 Å². The summed E-state index contributed by atoms with van der Waals surface area (Å²) in [6.07, 6.45) is -0.697. The molecule has 1 atom stereocenters. The molecule has 0 bridgehead atoms. The Labute approximate surface area is 146 Å². The molecule has 136 valence electrons. The Balaban J connectivity index is 2.00. The van der Waals surface area contributed by atoms with Gasteiger partial charge in [0.25, 0.3) is 5.91 Å². The fourth-order valence-corrected chi connectivity index (χ4v) is 2.54. The zero-order valence-electron chi connectivity index (χ0n) is 14.7. The maximum atomic E-state index is 12.2. The van der Waals surface area contributed by atoms with Crippen molar-refractivity contribution < 1.29 is 19.1 Å². The number of nitrogens with zero attached hydrogens (tertiary/aromatic N) is 1. The number of likely N-dealkylation sites (N-methyl/N-ethyl adjacent to an activating group) is 1. The van der Waals surface area contributed by atoms with Crippen molar-refractivity contribution in [3.8, 4) is 5.75 Å². The van der Waals surface area contributed by atoms with Crippen molar-refractivity contribution in [3.05, 3.63) is 24.3 Å². The van der Waals surface area contributed by atoms with Crippen LogP contribution in [0, 0.1) is 0 Å². The van der Waals surface area contributed by atoms with Crippen LogP contribution in [0.3, 0.4) is 0 Å². The zero-order valence-corrected chi connectivity index (χ0v) is 14.7. The highest BCUT2D eigenvalue weighted by Crippen LogP contribution is 2.32. The van der Waals surface area contributed by atoms with Crippen LogP contribution in [0.2, 0.25) is 0 Å². The molecule has 1 aromatic rings. The van der Waals surface area contributed by atoms with Crippen molar-refractivity contribution >= 4 is 23.4 Å². The smallest absolute Gasteiger partial charge is 0.262 e. The lowest BCUT2D eigenvalue weighted by Crippen LogP contribution is -2.51. The summed E-state index contributed by atoms with van der Waals surface area (Å²) in [5.41, 5.74) is 0.740. The number of carbonyl (C=O) groups is 3. The van der Waals surface area contributed by atoms with Crippen molar-refractivity contribution in [2.24, 2.45) is 0 Å². The van der Waals surface area contributed by atoms with E-state index in [1.807, 2.05) is 26.0 Å². The predicted octanol–water partition coefficient (Wildman–Crippen LogP) is -0.359. The zero-order chi connectivity index (χ0) is 18.4. The fourth-order valence-electron chi connectivity index (χ4n) is 2.54. The van der Waals surface area contributed by atoms with Gasteiger partial charge >= 0.3 is 0 Å². The number of fused-ring (bicyclic) bond motifs is 1. The Morgan fingerprint density at radius 1 is 1.24 bits per heavy atom. The molecule has 2 rings (SSSR count). The van der Waals surface area contributed by atoms with E-state index in [9.17, 15) is 14.4 Å². The molecule has 0 saturated carbocycles. The number of para-hydroxylation sites is 2. The summed E-state index contributed by atoms with van der Waals surface area (Å²) in [7, 11) is 1.54. The highest BCUT2D eigenvalue weighted by atomic mass is 16.5. The SMILES string of the molecule is CNC(=O)[C@H]1CN(CC(=O)NCC(=O)NC(C)C)c2ccccc2O1. The minimum atomic E-state index is -0.697. The van der Waals surface area contributed by atoms with Gasteiger partial charge in [-0.05, 0) is 26.0 Å². The van der Waals surface area contributed by atoms with Gasteiger partial charge in [0, 0.05) is 13.1 Å². The number of ether oxygens (including phenoxy) is 1. The number of nitrogens with one attached hydrogen (secondary N) is 3. The molecule has 1 heterocycles. The molecular weight excluding hydrogens is 324 g/mol. The van der Waals surface area contributed by atoms with Crippen LogP contribution in [0.1, 0.15) is 13.8 Å². The molecule has 0 saturated heterocycles. The van der Waals surface area contributed by atoms with Gasteiger partial charge in [-0.1, -0.05) is 12.1 Å². The predicted molar refractivity (Wildman–Crippen MR) is 93.4 cm³/mol. The third-order valence-corrected chi connectivity index (χ3v) is 3.63. The second kappa shape index (κ2) is 8.36. The van der Waals surface area contributed by atoms with Crippen LogP contribution in [0.15, 0.2) is 24.3 Å². The van der Waals surface area contributed by atoms with E-state index < -0.39 is 6.10 Å². The van der Waals surface area contributed by atoms with Crippen LogP contribution in [-0.2, 0) is 14.4 Å². The average Bonchev–Trinajstić information content (AvgIpc) is 2.58. The van der Waals surface area contributed by atoms with Gasteiger partial charge in [-0.3, -0.25) is 14.4 Å². The van der Waals surface area contributed by atoms with Crippen LogP contribution in [0.25, 0.3) is 0 Å². The van der Waals surface area contributed by atoms with Crippen molar-refractivity contribution in [1.29, 1.82) is 0 Å². The van der Waals surface area contributed by atoms with Crippen molar-refractivity contribution in [3.63, 3.8) is 0 Å². The first kappa shape index (κ1) is 18.6. The van der Waals surface area contributed by atoms with Gasteiger partial charge in [0.05, 0.1) is 25.3 Å². The van der Waals surface area contributed by atoms with Gasteiger partial charge < -0.3 is 25.6 Å². The Morgan fingerprint density at radius 2 is 1.96 bits per heavy atom. The molecule has 8 nitrogen and oxygen atoms in total. The Hall–Kier alpha value is -2.77. The first-order valence-corrected chi connectivity index (χ1v) is 8.19. The third kappa shape index (κ3) is 5.10. The van der Waals surface area contributed by atoms with E-state index in [0.717, 1.165) is 5.69 Å². The normalized spacial score (nSPS) is 15.8. The van der Waals surface area contributed by atoms with Crippen LogP contribution in [0.5, 0.6) is 5.75 Å². The van der Waals surface area contributed by atoms with Gasteiger partial charge in [0.2, 0.25) is 11.8 Å². The van der Waals surface area contributed by atoms with Gasteiger partial charge in [-0.2, -0.15) is 0 Å².